The quantitative estimate of drug-likeness (QED) is 0.484. The van der Waals surface area contributed by atoms with E-state index in [2.05, 4.69) is 25.7 Å². The number of anilines is 1. The van der Waals surface area contributed by atoms with Crippen LogP contribution < -0.4 is 5.32 Å². The molecule has 0 fully saturated rings. The molecule has 2 aromatic heterocycles. The number of benzene rings is 2. The molecule has 130 valence electrons. The summed E-state index contributed by atoms with van der Waals surface area (Å²) in [7, 11) is 0. The first-order chi connectivity index (χ1) is 12.6. The van der Waals surface area contributed by atoms with E-state index in [0.717, 1.165) is 22.0 Å². The average molecular weight is 364 g/mol. The van der Waals surface area contributed by atoms with Crippen LogP contribution in [0.25, 0.3) is 22.3 Å². The van der Waals surface area contributed by atoms with E-state index < -0.39 is 0 Å². The third-order valence-electron chi connectivity index (χ3n) is 4.09. The number of aromatic nitrogens is 5. The van der Waals surface area contributed by atoms with Crippen LogP contribution in [-0.4, -0.2) is 30.9 Å². The maximum absolute atomic E-state index is 12.6. The zero-order valence-corrected chi connectivity index (χ0v) is 14.8. The molecule has 26 heavy (non-hydrogen) atoms. The van der Waals surface area contributed by atoms with E-state index in [1.807, 2.05) is 49.4 Å². The Kier molecular flexibility index (Phi) is 4.10. The SMILES string of the molecule is Cc1cccc(-c2n[nH]c(=S)n2CC(=O)Nc2cccc3cn[nH]c23)c1. The van der Waals surface area contributed by atoms with Crippen molar-refractivity contribution in [3.05, 3.63) is 59.0 Å². The maximum atomic E-state index is 12.6. The molecule has 0 saturated heterocycles. The molecule has 0 aliphatic heterocycles. The standard InChI is InChI=1S/C18H16N6OS/c1-11-4-2-5-12(8-11)17-22-23-18(26)24(17)10-15(25)20-14-7-3-6-13-9-19-21-16(13)14/h2-9H,10H2,1H3,(H,19,21)(H,20,25)(H,23,26). The van der Waals surface area contributed by atoms with Crippen molar-refractivity contribution in [2.75, 3.05) is 5.32 Å². The van der Waals surface area contributed by atoms with Crippen molar-refractivity contribution in [2.24, 2.45) is 0 Å². The van der Waals surface area contributed by atoms with Crippen molar-refractivity contribution in [1.82, 2.24) is 25.0 Å². The normalized spacial score (nSPS) is 11.0. The van der Waals surface area contributed by atoms with Gasteiger partial charge in [-0.1, -0.05) is 35.9 Å². The van der Waals surface area contributed by atoms with Crippen molar-refractivity contribution >= 4 is 34.7 Å². The Hall–Kier alpha value is -3.26. The fraction of sp³-hybridized carbons (Fsp3) is 0.111. The minimum absolute atomic E-state index is 0.0587. The van der Waals surface area contributed by atoms with Crippen LogP contribution in [0.3, 0.4) is 0 Å². The number of nitrogens with zero attached hydrogens (tertiary/aromatic N) is 3. The van der Waals surface area contributed by atoms with Crippen LogP contribution in [0, 0.1) is 11.7 Å². The fourth-order valence-electron chi connectivity index (χ4n) is 2.88. The number of H-pyrrole nitrogens is 2. The highest BCUT2D eigenvalue weighted by Crippen LogP contribution is 2.21. The fourth-order valence-corrected chi connectivity index (χ4v) is 3.07. The Labute approximate surface area is 154 Å². The Bertz CT molecular complexity index is 1160. The largest absolute Gasteiger partial charge is 0.323 e. The lowest BCUT2D eigenvalue weighted by Gasteiger charge is -2.09. The lowest BCUT2D eigenvalue weighted by molar-refractivity contribution is -0.116. The summed E-state index contributed by atoms with van der Waals surface area (Å²) in [6.07, 6.45) is 1.72. The number of amides is 1. The van der Waals surface area contributed by atoms with E-state index in [1.54, 1.807) is 10.8 Å². The van der Waals surface area contributed by atoms with Gasteiger partial charge in [-0.25, -0.2) is 0 Å². The molecule has 0 unspecified atom stereocenters. The lowest BCUT2D eigenvalue weighted by Crippen LogP contribution is -2.19. The second-order valence-corrected chi connectivity index (χ2v) is 6.38. The van der Waals surface area contributed by atoms with Gasteiger partial charge in [-0.2, -0.15) is 10.2 Å². The molecule has 0 saturated carbocycles. The van der Waals surface area contributed by atoms with Gasteiger partial charge in [0.05, 0.1) is 17.4 Å². The zero-order valence-electron chi connectivity index (χ0n) is 14.0. The van der Waals surface area contributed by atoms with Crippen LogP contribution >= 0.6 is 12.2 Å². The van der Waals surface area contributed by atoms with Crippen molar-refractivity contribution < 1.29 is 4.79 Å². The number of fused-ring (bicyclic) bond motifs is 1. The summed E-state index contributed by atoms with van der Waals surface area (Å²) in [5.41, 5.74) is 3.48. The van der Waals surface area contributed by atoms with Crippen molar-refractivity contribution in [1.29, 1.82) is 0 Å². The summed E-state index contributed by atoms with van der Waals surface area (Å²) in [5.74, 6) is 0.437. The van der Waals surface area contributed by atoms with Crippen LogP contribution in [0.2, 0.25) is 0 Å². The molecule has 8 heteroatoms. The van der Waals surface area contributed by atoms with Gasteiger partial charge in [0, 0.05) is 10.9 Å². The molecular formula is C18H16N6OS. The van der Waals surface area contributed by atoms with E-state index in [4.69, 9.17) is 12.2 Å². The first-order valence-corrected chi connectivity index (χ1v) is 8.47. The van der Waals surface area contributed by atoms with Crippen LogP contribution in [0.5, 0.6) is 0 Å². The predicted octanol–water partition coefficient (Wildman–Crippen LogP) is 3.43. The summed E-state index contributed by atoms with van der Waals surface area (Å²) in [6, 6.07) is 13.5. The molecule has 1 amide bonds. The van der Waals surface area contributed by atoms with Gasteiger partial charge in [0.1, 0.15) is 6.54 Å². The van der Waals surface area contributed by atoms with E-state index in [-0.39, 0.29) is 12.5 Å². The maximum Gasteiger partial charge on any atom is 0.244 e. The van der Waals surface area contributed by atoms with Gasteiger partial charge < -0.3 is 5.32 Å². The minimum Gasteiger partial charge on any atom is -0.323 e. The molecule has 2 heterocycles. The molecule has 7 nitrogen and oxygen atoms in total. The number of para-hydroxylation sites is 1. The van der Waals surface area contributed by atoms with Gasteiger partial charge >= 0.3 is 0 Å². The second kappa shape index (κ2) is 6.57. The number of nitrogens with one attached hydrogen (secondary N) is 3. The number of carbonyl (C=O) groups excluding carboxylic acids is 1. The van der Waals surface area contributed by atoms with Crippen molar-refractivity contribution in [2.45, 2.75) is 13.5 Å². The smallest absolute Gasteiger partial charge is 0.244 e. The molecule has 4 rings (SSSR count). The molecule has 2 aromatic carbocycles. The summed E-state index contributed by atoms with van der Waals surface area (Å²) in [6.45, 7) is 2.07. The van der Waals surface area contributed by atoms with E-state index >= 15 is 0 Å². The van der Waals surface area contributed by atoms with Gasteiger partial charge in [0.15, 0.2) is 10.6 Å². The second-order valence-electron chi connectivity index (χ2n) is 6.00. The third-order valence-corrected chi connectivity index (χ3v) is 4.40. The van der Waals surface area contributed by atoms with E-state index in [9.17, 15) is 4.79 Å². The topological polar surface area (TPSA) is 91.4 Å². The highest BCUT2D eigenvalue weighted by atomic mass is 32.1. The number of aryl methyl sites for hydroxylation is 1. The summed E-state index contributed by atoms with van der Waals surface area (Å²) < 4.78 is 2.09. The third kappa shape index (κ3) is 3.02. The van der Waals surface area contributed by atoms with Gasteiger partial charge in [-0.15, -0.1) is 0 Å². The highest BCUT2D eigenvalue weighted by Gasteiger charge is 2.14. The number of rotatable bonds is 4. The number of hydrogen-bond donors (Lipinski definition) is 3. The van der Waals surface area contributed by atoms with Gasteiger partial charge in [-0.05, 0) is 31.3 Å². The Balaban J connectivity index is 1.62. The van der Waals surface area contributed by atoms with Gasteiger partial charge in [-0.3, -0.25) is 19.6 Å². The van der Waals surface area contributed by atoms with Crippen LogP contribution in [0.4, 0.5) is 5.69 Å². The molecule has 0 bridgehead atoms. The summed E-state index contributed by atoms with van der Waals surface area (Å²) >= 11 is 5.30. The number of carbonyl (C=O) groups is 1. The first kappa shape index (κ1) is 16.2. The zero-order chi connectivity index (χ0) is 18.1. The van der Waals surface area contributed by atoms with Crippen LogP contribution in [0.1, 0.15) is 5.56 Å². The average Bonchev–Trinajstić information content (AvgIpc) is 3.23. The minimum atomic E-state index is -0.196. The van der Waals surface area contributed by atoms with E-state index in [1.165, 1.54) is 0 Å². The number of hydrogen-bond acceptors (Lipinski definition) is 4. The lowest BCUT2D eigenvalue weighted by atomic mass is 10.1. The first-order valence-electron chi connectivity index (χ1n) is 8.06. The molecule has 3 N–H and O–H groups in total. The van der Waals surface area contributed by atoms with E-state index in [0.29, 0.717) is 16.3 Å². The van der Waals surface area contributed by atoms with Crippen molar-refractivity contribution in [3.8, 4) is 11.4 Å². The highest BCUT2D eigenvalue weighted by molar-refractivity contribution is 7.71. The Morgan fingerprint density at radius 3 is 2.92 bits per heavy atom. The predicted molar refractivity (Wildman–Crippen MR) is 102 cm³/mol. The summed E-state index contributed by atoms with van der Waals surface area (Å²) in [4.78, 5) is 12.6. The molecule has 0 radical (unpaired) electrons. The molecule has 0 spiro atoms. The molecule has 4 aromatic rings. The molecule has 0 aliphatic carbocycles. The van der Waals surface area contributed by atoms with Crippen LogP contribution in [-0.2, 0) is 11.3 Å². The molecule has 0 aliphatic rings. The summed E-state index contributed by atoms with van der Waals surface area (Å²) in [5, 5.41) is 17.8. The molecular weight excluding hydrogens is 348 g/mol. The number of aromatic amines is 2. The van der Waals surface area contributed by atoms with Gasteiger partial charge in [0.25, 0.3) is 0 Å². The Morgan fingerprint density at radius 1 is 1.23 bits per heavy atom. The molecule has 0 atom stereocenters. The van der Waals surface area contributed by atoms with Gasteiger partial charge in [0.2, 0.25) is 5.91 Å². The monoisotopic (exact) mass is 364 g/mol. The van der Waals surface area contributed by atoms with Crippen molar-refractivity contribution in [3.63, 3.8) is 0 Å². The van der Waals surface area contributed by atoms with Crippen LogP contribution in [0.15, 0.2) is 48.7 Å². The Morgan fingerprint density at radius 2 is 2.08 bits per heavy atom.